The van der Waals surface area contributed by atoms with Crippen LogP contribution in [0.15, 0.2) is 35.7 Å². The average molecular weight is 300 g/mol. The average Bonchev–Trinajstić information content (AvgIpc) is 2.82. The summed E-state index contributed by atoms with van der Waals surface area (Å²) >= 11 is 13.0. The molecule has 0 aliphatic rings. The van der Waals surface area contributed by atoms with Crippen LogP contribution in [0.2, 0.25) is 5.02 Å². The summed E-state index contributed by atoms with van der Waals surface area (Å²) in [5.74, 6) is 0.324. The van der Waals surface area contributed by atoms with Gasteiger partial charge in [0.2, 0.25) is 0 Å². The second kappa shape index (κ2) is 6.23. The highest BCUT2D eigenvalue weighted by Crippen LogP contribution is 2.21. The van der Waals surface area contributed by atoms with Crippen molar-refractivity contribution in [1.82, 2.24) is 5.32 Å². The van der Waals surface area contributed by atoms with Gasteiger partial charge in [-0.05, 0) is 22.6 Å². The molecule has 0 radical (unpaired) electrons. The van der Waals surface area contributed by atoms with Gasteiger partial charge in [-0.15, -0.1) is 22.9 Å². The van der Waals surface area contributed by atoms with Gasteiger partial charge in [-0.1, -0.05) is 35.9 Å². The fourth-order valence-electron chi connectivity index (χ4n) is 1.54. The third kappa shape index (κ3) is 3.25. The molecule has 0 unspecified atom stereocenters. The Balaban J connectivity index is 1.99. The molecule has 0 aliphatic heterocycles. The van der Waals surface area contributed by atoms with Gasteiger partial charge in [0.1, 0.15) is 4.88 Å². The highest BCUT2D eigenvalue weighted by atomic mass is 35.5. The number of hydrogen-bond donors (Lipinski definition) is 1. The SMILES string of the molecule is O=C(NCc1cccc(CCl)c1)c1sccc1Cl. The van der Waals surface area contributed by atoms with Crippen molar-refractivity contribution in [3.63, 3.8) is 0 Å². The van der Waals surface area contributed by atoms with Crippen molar-refractivity contribution < 1.29 is 4.79 Å². The molecule has 0 saturated carbocycles. The Bertz CT molecular complexity index is 553. The first-order valence-electron chi connectivity index (χ1n) is 5.35. The van der Waals surface area contributed by atoms with Gasteiger partial charge in [-0.2, -0.15) is 0 Å². The lowest BCUT2D eigenvalue weighted by molar-refractivity contribution is 0.0955. The van der Waals surface area contributed by atoms with Gasteiger partial charge in [-0.25, -0.2) is 0 Å². The van der Waals surface area contributed by atoms with Crippen LogP contribution in [0.5, 0.6) is 0 Å². The summed E-state index contributed by atoms with van der Waals surface area (Å²) < 4.78 is 0. The van der Waals surface area contributed by atoms with E-state index in [9.17, 15) is 4.79 Å². The molecule has 0 saturated heterocycles. The van der Waals surface area contributed by atoms with Gasteiger partial charge in [0, 0.05) is 12.4 Å². The topological polar surface area (TPSA) is 29.1 Å². The number of carbonyl (C=O) groups is 1. The molecule has 0 aliphatic carbocycles. The summed E-state index contributed by atoms with van der Waals surface area (Å²) in [7, 11) is 0. The van der Waals surface area contributed by atoms with E-state index in [-0.39, 0.29) is 5.91 Å². The summed E-state index contributed by atoms with van der Waals surface area (Å²) in [6.45, 7) is 0.470. The monoisotopic (exact) mass is 299 g/mol. The zero-order valence-corrected chi connectivity index (χ0v) is 11.8. The van der Waals surface area contributed by atoms with Crippen LogP contribution < -0.4 is 5.32 Å². The van der Waals surface area contributed by atoms with Crippen molar-refractivity contribution in [3.8, 4) is 0 Å². The third-order valence-electron chi connectivity index (χ3n) is 2.42. The third-order valence-corrected chi connectivity index (χ3v) is 4.07. The van der Waals surface area contributed by atoms with Crippen molar-refractivity contribution in [2.24, 2.45) is 0 Å². The van der Waals surface area contributed by atoms with Gasteiger partial charge in [0.25, 0.3) is 5.91 Å². The van der Waals surface area contributed by atoms with E-state index in [1.165, 1.54) is 11.3 Å². The molecule has 1 aromatic carbocycles. The molecular weight excluding hydrogens is 289 g/mol. The Morgan fingerprint density at radius 1 is 1.28 bits per heavy atom. The first-order chi connectivity index (χ1) is 8.70. The zero-order chi connectivity index (χ0) is 13.0. The minimum Gasteiger partial charge on any atom is -0.347 e. The van der Waals surface area contributed by atoms with Crippen molar-refractivity contribution >= 4 is 40.4 Å². The van der Waals surface area contributed by atoms with Crippen LogP contribution in [0, 0.1) is 0 Å². The van der Waals surface area contributed by atoms with E-state index in [2.05, 4.69) is 5.32 Å². The van der Waals surface area contributed by atoms with Gasteiger partial charge < -0.3 is 5.32 Å². The number of alkyl halides is 1. The highest BCUT2D eigenvalue weighted by molar-refractivity contribution is 7.12. The summed E-state index contributed by atoms with van der Waals surface area (Å²) in [4.78, 5) is 12.4. The number of rotatable bonds is 4. The van der Waals surface area contributed by atoms with Crippen LogP contribution in [0.25, 0.3) is 0 Å². The molecule has 94 valence electrons. The first kappa shape index (κ1) is 13.4. The van der Waals surface area contributed by atoms with Crippen molar-refractivity contribution in [1.29, 1.82) is 0 Å². The number of nitrogens with one attached hydrogen (secondary N) is 1. The van der Waals surface area contributed by atoms with E-state index >= 15 is 0 Å². The predicted octanol–water partition coefficient (Wildman–Crippen LogP) is 4.07. The van der Waals surface area contributed by atoms with Crippen LogP contribution in [0.3, 0.4) is 0 Å². The summed E-state index contributed by atoms with van der Waals surface area (Å²) in [6, 6.07) is 9.52. The molecule has 1 aromatic heterocycles. The standard InChI is InChI=1S/C13H11Cl2NOS/c14-7-9-2-1-3-10(6-9)8-16-13(17)12-11(15)4-5-18-12/h1-6H,7-8H2,(H,16,17). The molecule has 1 amide bonds. The molecule has 0 bridgehead atoms. The van der Waals surface area contributed by atoms with Gasteiger partial charge in [-0.3, -0.25) is 4.79 Å². The van der Waals surface area contributed by atoms with Crippen LogP contribution in [-0.4, -0.2) is 5.91 Å². The highest BCUT2D eigenvalue weighted by Gasteiger charge is 2.11. The molecule has 2 nitrogen and oxygen atoms in total. The Morgan fingerprint density at radius 2 is 2.06 bits per heavy atom. The number of amides is 1. The van der Waals surface area contributed by atoms with Crippen LogP contribution in [0.4, 0.5) is 0 Å². The molecule has 0 fully saturated rings. The van der Waals surface area contributed by atoms with Gasteiger partial charge >= 0.3 is 0 Å². The second-order valence-electron chi connectivity index (χ2n) is 3.73. The molecule has 2 rings (SSSR count). The van der Waals surface area contributed by atoms with E-state index in [1.807, 2.05) is 24.3 Å². The largest absolute Gasteiger partial charge is 0.347 e. The van der Waals surface area contributed by atoms with E-state index in [4.69, 9.17) is 23.2 Å². The summed E-state index contributed by atoms with van der Waals surface area (Å²) in [5, 5.41) is 5.13. The van der Waals surface area contributed by atoms with Crippen molar-refractivity contribution in [3.05, 3.63) is 56.7 Å². The smallest absolute Gasteiger partial charge is 0.263 e. The van der Waals surface area contributed by atoms with E-state index in [0.717, 1.165) is 11.1 Å². The first-order valence-corrected chi connectivity index (χ1v) is 7.15. The number of carbonyl (C=O) groups excluding carboxylic acids is 1. The molecule has 5 heteroatoms. The zero-order valence-electron chi connectivity index (χ0n) is 9.45. The molecule has 0 atom stereocenters. The molecule has 1 heterocycles. The lowest BCUT2D eigenvalue weighted by Crippen LogP contribution is -2.22. The normalized spacial score (nSPS) is 10.3. The van der Waals surface area contributed by atoms with Crippen molar-refractivity contribution in [2.45, 2.75) is 12.4 Å². The van der Waals surface area contributed by atoms with Crippen LogP contribution in [-0.2, 0) is 12.4 Å². The Morgan fingerprint density at radius 3 is 2.72 bits per heavy atom. The fraction of sp³-hybridized carbons (Fsp3) is 0.154. The predicted molar refractivity (Wildman–Crippen MR) is 76.5 cm³/mol. The molecular formula is C13H11Cl2NOS. The van der Waals surface area contributed by atoms with Gasteiger partial charge in [0.05, 0.1) is 5.02 Å². The minimum atomic E-state index is -0.147. The molecule has 2 aromatic rings. The van der Waals surface area contributed by atoms with Gasteiger partial charge in [0.15, 0.2) is 0 Å². The Labute approximate surface area is 120 Å². The maximum Gasteiger partial charge on any atom is 0.263 e. The van der Waals surface area contributed by atoms with Crippen molar-refractivity contribution in [2.75, 3.05) is 0 Å². The van der Waals surface area contributed by atoms with E-state index in [0.29, 0.717) is 22.3 Å². The molecule has 0 spiro atoms. The number of benzene rings is 1. The molecule has 18 heavy (non-hydrogen) atoms. The Kier molecular flexibility index (Phi) is 4.64. The number of hydrogen-bond acceptors (Lipinski definition) is 2. The lowest BCUT2D eigenvalue weighted by Gasteiger charge is -2.05. The Hall–Kier alpha value is -1.03. The number of halogens is 2. The summed E-state index contributed by atoms with van der Waals surface area (Å²) in [5.41, 5.74) is 2.06. The fourth-order valence-corrected chi connectivity index (χ4v) is 2.76. The lowest BCUT2D eigenvalue weighted by atomic mass is 10.1. The quantitative estimate of drug-likeness (QED) is 0.847. The van der Waals surface area contributed by atoms with Crippen LogP contribution in [0.1, 0.15) is 20.8 Å². The number of thiophene rings is 1. The second-order valence-corrected chi connectivity index (χ2v) is 5.32. The van der Waals surface area contributed by atoms with E-state index in [1.54, 1.807) is 11.4 Å². The maximum absolute atomic E-state index is 11.8. The molecule has 1 N–H and O–H groups in total. The van der Waals surface area contributed by atoms with Crippen LogP contribution >= 0.6 is 34.5 Å². The maximum atomic E-state index is 11.8. The van der Waals surface area contributed by atoms with E-state index < -0.39 is 0 Å². The summed E-state index contributed by atoms with van der Waals surface area (Å²) in [6.07, 6.45) is 0. The minimum absolute atomic E-state index is 0.147.